The number of aliphatic hydroxyl groups excluding tert-OH is 7. The summed E-state index contributed by atoms with van der Waals surface area (Å²) in [6, 6.07) is 4.57. The molecule has 3 aromatic rings. The normalized spacial score (nSPS) is 31.5. The summed E-state index contributed by atoms with van der Waals surface area (Å²) in [5.74, 6) is -0.180. The molecule has 0 radical (unpaired) electrons. The number of hydrogen-bond donors (Lipinski definition) is 7. The Morgan fingerprint density at radius 2 is 1.28 bits per heavy atom. The van der Waals surface area contributed by atoms with E-state index in [1.165, 1.54) is 40.6 Å². The van der Waals surface area contributed by atoms with Crippen LogP contribution in [0.2, 0.25) is 0 Å². The molecule has 0 bridgehead atoms. The van der Waals surface area contributed by atoms with Crippen molar-refractivity contribution in [3.8, 4) is 28.7 Å². The highest BCUT2D eigenvalue weighted by Crippen LogP contribution is 2.51. The molecule has 0 aliphatic carbocycles. The standard InChI is InChI=1S/C29H36O17/c1-38-10-5-6-12-11(7-10)16(31)15-23(43-12)25(39-2)27(41-4)26(40-3)24(15)46-29-22(37)20(35)18(33)14(45-29)9-42-28-21(36)19(34)17(32)13(8-30)44-28/h5-7,13-14,17-22,28-30,32-37H,8-9H2,1-4H3/t13-,14-,17-,18-,19+,20+,21-,22-,28-,29?/m1/s1. The van der Waals surface area contributed by atoms with Crippen LogP contribution >= 0.6 is 0 Å². The van der Waals surface area contributed by atoms with Crippen LogP contribution in [0.3, 0.4) is 0 Å². The topological polar surface area (TPSA) is 246 Å². The van der Waals surface area contributed by atoms with Gasteiger partial charge in [0.05, 0.1) is 47.0 Å². The highest BCUT2D eigenvalue weighted by Gasteiger charge is 2.48. The molecule has 0 saturated carbocycles. The minimum atomic E-state index is -1.89. The monoisotopic (exact) mass is 656 g/mol. The number of fused-ring (bicyclic) bond motifs is 2. The zero-order valence-electron chi connectivity index (χ0n) is 25.1. The summed E-state index contributed by atoms with van der Waals surface area (Å²) in [4.78, 5) is 14.0. The van der Waals surface area contributed by atoms with Gasteiger partial charge in [0.1, 0.15) is 65.6 Å². The molecular weight excluding hydrogens is 620 g/mol. The van der Waals surface area contributed by atoms with Crippen molar-refractivity contribution in [2.75, 3.05) is 41.7 Å². The van der Waals surface area contributed by atoms with Crippen molar-refractivity contribution in [1.29, 1.82) is 0 Å². The summed E-state index contributed by atoms with van der Waals surface area (Å²) in [5, 5.41) is 72.0. The summed E-state index contributed by atoms with van der Waals surface area (Å²) in [6.07, 6.45) is -16.7. The quantitative estimate of drug-likeness (QED) is 0.116. The highest BCUT2D eigenvalue weighted by atomic mass is 16.7. The molecule has 3 heterocycles. The zero-order chi connectivity index (χ0) is 33.4. The SMILES string of the molecule is COc1ccc2oc3c(OC)c(OC)c(OC)c(OC4O[C@H](CO[C@@H]5O[C@H](CO)[C@@H](O)[C@H](O)[C@H]5O)[C@@H](O)[C@H](O)[C@H]4O)c3c(=O)c2c1. The number of rotatable bonds is 10. The van der Waals surface area contributed by atoms with Crippen molar-refractivity contribution < 1.29 is 78.1 Å². The number of ether oxygens (including phenoxy) is 8. The van der Waals surface area contributed by atoms with E-state index >= 15 is 0 Å². The Morgan fingerprint density at radius 1 is 0.696 bits per heavy atom. The van der Waals surface area contributed by atoms with Gasteiger partial charge >= 0.3 is 0 Å². The fourth-order valence-electron chi connectivity index (χ4n) is 5.42. The van der Waals surface area contributed by atoms with Crippen LogP contribution in [0, 0.1) is 0 Å². The van der Waals surface area contributed by atoms with Crippen LogP contribution in [0.25, 0.3) is 21.9 Å². The maximum absolute atomic E-state index is 14.0. The van der Waals surface area contributed by atoms with Gasteiger partial charge in [-0.25, -0.2) is 0 Å². The smallest absolute Gasteiger partial charge is 0.229 e. The second kappa shape index (κ2) is 13.7. The molecule has 1 unspecified atom stereocenters. The first-order valence-electron chi connectivity index (χ1n) is 14.1. The molecule has 2 aliphatic heterocycles. The number of hydrogen-bond acceptors (Lipinski definition) is 17. The first kappa shape index (κ1) is 33.9. The van der Waals surface area contributed by atoms with Gasteiger partial charge in [-0.3, -0.25) is 4.79 Å². The van der Waals surface area contributed by atoms with Crippen molar-refractivity contribution in [1.82, 2.24) is 0 Å². The first-order valence-corrected chi connectivity index (χ1v) is 14.1. The molecule has 2 saturated heterocycles. The fraction of sp³-hybridized carbons (Fsp3) is 0.552. The van der Waals surface area contributed by atoms with E-state index in [2.05, 4.69) is 0 Å². The van der Waals surface area contributed by atoms with Crippen molar-refractivity contribution in [2.45, 2.75) is 61.4 Å². The largest absolute Gasteiger partial charge is 0.497 e. The van der Waals surface area contributed by atoms with E-state index in [9.17, 15) is 40.5 Å². The highest BCUT2D eigenvalue weighted by molar-refractivity contribution is 6.00. The van der Waals surface area contributed by atoms with Gasteiger partial charge in [-0.2, -0.15) is 0 Å². The Balaban J connectivity index is 1.53. The summed E-state index contributed by atoms with van der Waals surface area (Å²) in [6.45, 7) is -1.31. The van der Waals surface area contributed by atoms with Crippen LogP contribution in [0.1, 0.15) is 0 Å². The van der Waals surface area contributed by atoms with Crippen molar-refractivity contribution in [2.24, 2.45) is 0 Å². The lowest BCUT2D eigenvalue weighted by Gasteiger charge is -2.42. The van der Waals surface area contributed by atoms with Gasteiger partial charge in [-0.05, 0) is 18.2 Å². The zero-order valence-corrected chi connectivity index (χ0v) is 25.1. The predicted octanol–water partition coefficient (Wildman–Crippen LogP) is -2.02. The molecule has 1 aromatic heterocycles. The van der Waals surface area contributed by atoms with Crippen LogP contribution in [0.15, 0.2) is 27.4 Å². The van der Waals surface area contributed by atoms with Crippen LogP contribution in [0.4, 0.5) is 0 Å². The van der Waals surface area contributed by atoms with E-state index in [0.29, 0.717) is 5.75 Å². The van der Waals surface area contributed by atoms with E-state index < -0.39 is 80.1 Å². The first-order chi connectivity index (χ1) is 22.0. The molecule has 17 nitrogen and oxygen atoms in total. The number of methoxy groups -OCH3 is 4. The van der Waals surface area contributed by atoms with Crippen molar-refractivity contribution >= 4 is 21.9 Å². The Bertz CT molecular complexity index is 1590. The second-order valence-electron chi connectivity index (χ2n) is 10.6. The molecule has 254 valence electrons. The van der Waals surface area contributed by atoms with Gasteiger partial charge in [0.2, 0.25) is 29.0 Å². The lowest BCUT2D eigenvalue weighted by Crippen LogP contribution is -2.62. The lowest BCUT2D eigenvalue weighted by atomic mass is 9.98. The Morgan fingerprint density at radius 3 is 1.89 bits per heavy atom. The van der Waals surface area contributed by atoms with Crippen LogP contribution in [-0.2, 0) is 14.2 Å². The maximum Gasteiger partial charge on any atom is 0.229 e. The maximum atomic E-state index is 14.0. The van der Waals surface area contributed by atoms with Crippen molar-refractivity contribution in [3.63, 3.8) is 0 Å². The fourth-order valence-corrected chi connectivity index (χ4v) is 5.42. The van der Waals surface area contributed by atoms with Crippen LogP contribution < -0.4 is 29.1 Å². The molecule has 2 aromatic carbocycles. The molecular formula is C29H36O17. The van der Waals surface area contributed by atoms with Gasteiger partial charge in [0.15, 0.2) is 17.6 Å². The number of aliphatic hydroxyl groups is 7. The van der Waals surface area contributed by atoms with Gasteiger partial charge in [-0.1, -0.05) is 0 Å². The molecule has 0 amide bonds. The summed E-state index contributed by atoms with van der Waals surface area (Å²) in [5.41, 5.74) is -0.545. The van der Waals surface area contributed by atoms with Gasteiger partial charge < -0.3 is 78.1 Å². The van der Waals surface area contributed by atoms with Crippen LogP contribution in [-0.4, -0.2) is 139 Å². The third-order valence-corrected chi connectivity index (χ3v) is 7.94. The average molecular weight is 657 g/mol. The molecule has 0 spiro atoms. The molecule has 7 N–H and O–H groups in total. The summed E-state index contributed by atoms with van der Waals surface area (Å²) >= 11 is 0. The lowest BCUT2D eigenvalue weighted by molar-refractivity contribution is -0.323. The van der Waals surface area contributed by atoms with E-state index in [-0.39, 0.29) is 44.9 Å². The minimum absolute atomic E-state index is 0.0112. The molecule has 17 heteroatoms. The Hall–Kier alpha value is -3.49. The summed E-state index contributed by atoms with van der Waals surface area (Å²) < 4.78 is 50.4. The Kier molecular flexibility index (Phi) is 10.1. The van der Waals surface area contributed by atoms with E-state index in [4.69, 9.17) is 42.3 Å². The second-order valence-corrected chi connectivity index (χ2v) is 10.6. The third kappa shape index (κ3) is 5.79. The molecule has 2 fully saturated rings. The Labute approximate surface area is 260 Å². The molecule has 10 atom stereocenters. The van der Waals surface area contributed by atoms with Gasteiger partial charge in [0, 0.05) is 0 Å². The minimum Gasteiger partial charge on any atom is -0.497 e. The van der Waals surface area contributed by atoms with Gasteiger partial charge in [0.25, 0.3) is 0 Å². The third-order valence-electron chi connectivity index (χ3n) is 7.94. The molecule has 2 aliphatic rings. The average Bonchev–Trinajstić information content (AvgIpc) is 3.06. The van der Waals surface area contributed by atoms with Crippen LogP contribution in [0.5, 0.6) is 28.7 Å². The predicted molar refractivity (Wildman–Crippen MR) is 153 cm³/mol. The van der Waals surface area contributed by atoms with E-state index in [1.807, 2.05) is 0 Å². The van der Waals surface area contributed by atoms with E-state index in [0.717, 1.165) is 0 Å². The van der Waals surface area contributed by atoms with Crippen molar-refractivity contribution in [3.05, 3.63) is 28.4 Å². The summed E-state index contributed by atoms with van der Waals surface area (Å²) in [7, 11) is 5.31. The molecule has 5 rings (SSSR count). The molecule has 46 heavy (non-hydrogen) atoms. The number of benzene rings is 2. The van der Waals surface area contributed by atoms with E-state index in [1.54, 1.807) is 6.07 Å². The van der Waals surface area contributed by atoms with Gasteiger partial charge in [-0.15, -0.1) is 0 Å².